The predicted molar refractivity (Wildman–Crippen MR) is 48.4 cm³/mol. The zero-order valence-corrected chi connectivity index (χ0v) is 7.85. The lowest BCUT2D eigenvalue weighted by molar-refractivity contribution is 0.0935. The molecule has 70 valence electrons. The first-order chi connectivity index (χ1) is 6.11. The van der Waals surface area contributed by atoms with Gasteiger partial charge in [-0.2, -0.15) is 5.10 Å². The van der Waals surface area contributed by atoms with E-state index in [1.807, 2.05) is 6.92 Å². The number of hydrogen-bond acceptors (Lipinski definition) is 2. The van der Waals surface area contributed by atoms with Crippen LogP contribution < -0.4 is 5.32 Å². The Morgan fingerprint density at radius 2 is 2.38 bits per heavy atom. The van der Waals surface area contributed by atoms with Gasteiger partial charge in [-0.1, -0.05) is 0 Å². The lowest BCUT2D eigenvalue weighted by Gasteiger charge is -2.10. The zero-order chi connectivity index (χ0) is 9.47. The summed E-state index contributed by atoms with van der Waals surface area (Å²) in [6.07, 6.45) is 3.72. The van der Waals surface area contributed by atoms with Gasteiger partial charge in [-0.05, 0) is 26.7 Å². The van der Waals surface area contributed by atoms with E-state index in [0.717, 1.165) is 18.5 Å². The van der Waals surface area contributed by atoms with Gasteiger partial charge in [-0.25, -0.2) is 0 Å². The van der Waals surface area contributed by atoms with Crippen LogP contribution in [0.5, 0.6) is 0 Å². The van der Waals surface area contributed by atoms with Crippen LogP contribution in [0.3, 0.4) is 0 Å². The molecular weight excluding hydrogens is 166 g/mol. The Kier molecular flexibility index (Phi) is 1.65. The van der Waals surface area contributed by atoms with E-state index in [0.29, 0.717) is 5.56 Å². The molecule has 4 heteroatoms. The van der Waals surface area contributed by atoms with Crippen molar-refractivity contribution in [1.29, 1.82) is 0 Å². The standard InChI is InChI=1S/C9H13N3O/c1-6-7(5-10-12-6)8(13)11-9(2)3-4-9/h5H,3-4H2,1-2H3,(H,10,12)(H,11,13). The van der Waals surface area contributed by atoms with E-state index in [-0.39, 0.29) is 11.4 Å². The average Bonchev–Trinajstić information content (AvgIpc) is 2.63. The minimum atomic E-state index is -0.0220. The molecule has 0 bridgehead atoms. The number of aromatic nitrogens is 2. The number of carbonyl (C=O) groups is 1. The molecule has 1 aliphatic carbocycles. The molecule has 2 N–H and O–H groups in total. The summed E-state index contributed by atoms with van der Waals surface area (Å²) in [4.78, 5) is 11.6. The van der Waals surface area contributed by atoms with Crippen LogP contribution in [0.1, 0.15) is 35.8 Å². The Labute approximate surface area is 76.7 Å². The van der Waals surface area contributed by atoms with Crippen molar-refractivity contribution in [1.82, 2.24) is 15.5 Å². The fraction of sp³-hybridized carbons (Fsp3) is 0.556. The van der Waals surface area contributed by atoms with Crippen molar-refractivity contribution in [3.63, 3.8) is 0 Å². The molecule has 1 aromatic heterocycles. The smallest absolute Gasteiger partial charge is 0.255 e. The largest absolute Gasteiger partial charge is 0.347 e. The quantitative estimate of drug-likeness (QED) is 0.711. The summed E-state index contributed by atoms with van der Waals surface area (Å²) in [7, 11) is 0. The number of nitrogens with zero attached hydrogens (tertiary/aromatic N) is 1. The van der Waals surface area contributed by atoms with Gasteiger partial charge in [0.2, 0.25) is 0 Å². The summed E-state index contributed by atoms with van der Waals surface area (Å²) in [5.74, 6) is -0.0220. The van der Waals surface area contributed by atoms with Crippen molar-refractivity contribution in [3.05, 3.63) is 17.5 Å². The van der Waals surface area contributed by atoms with E-state index < -0.39 is 0 Å². The molecule has 0 unspecified atom stereocenters. The molecule has 1 heterocycles. The number of nitrogens with one attached hydrogen (secondary N) is 2. The second-order valence-corrected chi connectivity index (χ2v) is 3.92. The van der Waals surface area contributed by atoms with Gasteiger partial charge in [0.1, 0.15) is 0 Å². The van der Waals surface area contributed by atoms with Gasteiger partial charge < -0.3 is 5.32 Å². The number of carbonyl (C=O) groups excluding carboxylic acids is 1. The minimum absolute atomic E-state index is 0.0220. The molecule has 4 nitrogen and oxygen atoms in total. The molecule has 1 aromatic rings. The second kappa shape index (κ2) is 2.58. The van der Waals surface area contributed by atoms with Crippen LogP contribution in [0.4, 0.5) is 0 Å². The fourth-order valence-corrected chi connectivity index (χ4v) is 1.23. The van der Waals surface area contributed by atoms with Crippen molar-refractivity contribution in [2.75, 3.05) is 0 Å². The highest BCUT2D eigenvalue weighted by atomic mass is 16.1. The van der Waals surface area contributed by atoms with Gasteiger partial charge in [0.25, 0.3) is 5.91 Å². The van der Waals surface area contributed by atoms with Crippen LogP contribution in [0, 0.1) is 6.92 Å². The molecular formula is C9H13N3O. The monoisotopic (exact) mass is 179 g/mol. The van der Waals surface area contributed by atoms with Crippen LogP contribution in [0.15, 0.2) is 6.20 Å². The Balaban J connectivity index is 2.09. The number of amides is 1. The van der Waals surface area contributed by atoms with Gasteiger partial charge >= 0.3 is 0 Å². The molecule has 0 saturated heterocycles. The van der Waals surface area contributed by atoms with Gasteiger partial charge in [0.15, 0.2) is 0 Å². The minimum Gasteiger partial charge on any atom is -0.347 e. The molecule has 13 heavy (non-hydrogen) atoms. The summed E-state index contributed by atoms with van der Waals surface area (Å²) in [5, 5.41) is 9.53. The number of hydrogen-bond donors (Lipinski definition) is 2. The molecule has 1 fully saturated rings. The molecule has 2 rings (SSSR count). The van der Waals surface area contributed by atoms with Gasteiger partial charge in [0, 0.05) is 11.2 Å². The summed E-state index contributed by atoms with van der Waals surface area (Å²) in [6, 6.07) is 0. The first kappa shape index (κ1) is 8.29. The summed E-state index contributed by atoms with van der Waals surface area (Å²) in [5.41, 5.74) is 1.51. The SMILES string of the molecule is Cc1[nH]ncc1C(=O)NC1(C)CC1. The van der Waals surface area contributed by atoms with E-state index >= 15 is 0 Å². The second-order valence-electron chi connectivity index (χ2n) is 3.92. The van der Waals surface area contributed by atoms with E-state index in [9.17, 15) is 4.79 Å². The van der Waals surface area contributed by atoms with Crippen LogP contribution >= 0.6 is 0 Å². The molecule has 0 aliphatic heterocycles. The molecule has 0 radical (unpaired) electrons. The van der Waals surface area contributed by atoms with E-state index in [1.54, 1.807) is 6.20 Å². The molecule has 0 atom stereocenters. The third-order valence-electron chi connectivity index (χ3n) is 2.49. The van der Waals surface area contributed by atoms with Crippen LogP contribution in [0.2, 0.25) is 0 Å². The Morgan fingerprint density at radius 3 is 2.85 bits per heavy atom. The molecule has 0 aromatic carbocycles. The van der Waals surface area contributed by atoms with Crippen molar-refractivity contribution in [2.45, 2.75) is 32.2 Å². The number of rotatable bonds is 2. The maximum absolute atomic E-state index is 11.6. The van der Waals surface area contributed by atoms with E-state index in [1.165, 1.54) is 0 Å². The predicted octanol–water partition coefficient (Wildman–Crippen LogP) is 1.00. The highest BCUT2D eigenvalue weighted by molar-refractivity contribution is 5.95. The third kappa shape index (κ3) is 1.56. The van der Waals surface area contributed by atoms with Crippen LogP contribution in [0.25, 0.3) is 0 Å². The number of aromatic amines is 1. The van der Waals surface area contributed by atoms with Crippen molar-refractivity contribution in [3.8, 4) is 0 Å². The zero-order valence-electron chi connectivity index (χ0n) is 7.85. The Morgan fingerprint density at radius 1 is 1.69 bits per heavy atom. The topological polar surface area (TPSA) is 57.8 Å². The highest BCUT2D eigenvalue weighted by Crippen LogP contribution is 2.34. The summed E-state index contributed by atoms with van der Waals surface area (Å²) in [6.45, 7) is 3.90. The third-order valence-corrected chi connectivity index (χ3v) is 2.49. The number of aryl methyl sites for hydroxylation is 1. The highest BCUT2D eigenvalue weighted by Gasteiger charge is 2.39. The molecule has 1 aliphatic rings. The maximum Gasteiger partial charge on any atom is 0.255 e. The Bertz CT molecular complexity index is 338. The maximum atomic E-state index is 11.6. The molecule has 1 saturated carbocycles. The van der Waals surface area contributed by atoms with Crippen LogP contribution in [-0.4, -0.2) is 21.6 Å². The molecule has 1 amide bonds. The van der Waals surface area contributed by atoms with Crippen molar-refractivity contribution in [2.24, 2.45) is 0 Å². The lowest BCUT2D eigenvalue weighted by atomic mass is 10.2. The first-order valence-electron chi connectivity index (χ1n) is 4.43. The summed E-state index contributed by atoms with van der Waals surface area (Å²) < 4.78 is 0. The van der Waals surface area contributed by atoms with E-state index in [4.69, 9.17) is 0 Å². The lowest BCUT2D eigenvalue weighted by Crippen LogP contribution is -2.34. The normalized spacial score (nSPS) is 18.3. The van der Waals surface area contributed by atoms with E-state index in [2.05, 4.69) is 22.4 Å². The van der Waals surface area contributed by atoms with Crippen molar-refractivity contribution >= 4 is 5.91 Å². The van der Waals surface area contributed by atoms with Gasteiger partial charge in [-0.3, -0.25) is 9.89 Å². The first-order valence-corrected chi connectivity index (χ1v) is 4.43. The van der Waals surface area contributed by atoms with Gasteiger partial charge in [-0.15, -0.1) is 0 Å². The summed E-state index contributed by atoms with van der Waals surface area (Å²) >= 11 is 0. The van der Waals surface area contributed by atoms with Gasteiger partial charge in [0.05, 0.1) is 11.8 Å². The number of H-pyrrole nitrogens is 1. The molecule has 0 spiro atoms. The average molecular weight is 179 g/mol. The fourth-order valence-electron chi connectivity index (χ4n) is 1.23. The van der Waals surface area contributed by atoms with Crippen molar-refractivity contribution < 1.29 is 4.79 Å². The Hall–Kier alpha value is -1.32. The van der Waals surface area contributed by atoms with Crippen LogP contribution in [-0.2, 0) is 0 Å².